The number of phenolic OH excluding ortho intramolecular Hbond substituents is 1. The Morgan fingerprint density at radius 2 is 2.15 bits per heavy atom. The lowest BCUT2D eigenvalue weighted by atomic mass is 9.97. The van der Waals surface area contributed by atoms with Crippen LogP contribution in [0.3, 0.4) is 0 Å². The van der Waals surface area contributed by atoms with Gasteiger partial charge in [0.25, 0.3) is 0 Å². The SMILES string of the molecule is Cc1c[nH]c2c(O)cc3c(c12)C(CCl)CN3C(=O)CCCCCN.Cl.N. The number of nitrogens with one attached hydrogen (secondary N) is 1. The summed E-state index contributed by atoms with van der Waals surface area (Å²) in [5, 5.41) is 11.3. The predicted octanol–water partition coefficient (Wildman–Crippen LogP) is 3.95. The molecule has 2 aromatic rings. The first-order chi connectivity index (χ1) is 11.6. The number of H-pyrrole nitrogens is 1. The standard InChI is InChI=1S/C18H24ClN3O2.ClH.H3N/c1-11-9-21-18-14(23)7-13-17(16(11)18)12(8-19)10-22(13)15(24)5-3-2-4-6-20;;/h7,9,12,21,23H,2-6,8,10,20H2,1H3;1H;1H3. The highest BCUT2D eigenvalue weighted by Gasteiger charge is 2.34. The zero-order valence-corrected chi connectivity index (χ0v) is 16.6. The van der Waals surface area contributed by atoms with Crippen LogP contribution >= 0.6 is 24.0 Å². The lowest BCUT2D eigenvalue weighted by Crippen LogP contribution is -2.29. The molecule has 1 aliphatic rings. The lowest BCUT2D eigenvalue weighted by Gasteiger charge is -2.18. The van der Waals surface area contributed by atoms with E-state index in [1.165, 1.54) is 0 Å². The first-order valence-electron chi connectivity index (χ1n) is 8.48. The predicted molar refractivity (Wildman–Crippen MR) is 110 cm³/mol. The maximum atomic E-state index is 12.7. The molecule has 0 bridgehead atoms. The minimum atomic E-state index is 0. The smallest absolute Gasteiger partial charge is 0.227 e. The number of aromatic hydroxyl groups is 1. The molecule has 1 unspecified atom stereocenters. The minimum Gasteiger partial charge on any atom is -0.506 e. The molecule has 1 amide bonds. The number of aromatic amines is 1. The Balaban J connectivity index is 0.00000169. The highest BCUT2D eigenvalue weighted by Crippen LogP contribution is 2.46. The number of halogens is 2. The van der Waals surface area contributed by atoms with Crippen molar-refractivity contribution in [3.8, 4) is 5.75 Å². The van der Waals surface area contributed by atoms with Gasteiger partial charge in [-0.05, 0) is 37.4 Å². The molecular weight excluding hydrogens is 375 g/mol. The average molecular weight is 403 g/mol. The van der Waals surface area contributed by atoms with Crippen molar-refractivity contribution in [2.24, 2.45) is 5.73 Å². The van der Waals surface area contributed by atoms with Crippen LogP contribution in [0.2, 0.25) is 0 Å². The normalized spacial score (nSPS) is 15.5. The van der Waals surface area contributed by atoms with Crippen LogP contribution in [0.15, 0.2) is 12.3 Å². The van der Waals surface area contributed by atoms with E-state index in [4.69, 9.17) is 17.3 Å². The first kappa shape index (κ1) is 22.6. The number of alkyl halides is 1. The number of aryl methyl sites for hydroxylation is 1. The summed E-state index contributed by atoms with van der Waals surface area (Å²) >= 11 is 6.19. The Bertz CT molecular complexity index is 763. The Hall–Kier alpha value is -1.47. The molecule has 146 valence electrons. The van der Waals surface area contributed by atoms with Gasteiger partial charge in [0.15, 0.2) is 0 Å². The fourth-order valence-electron chi connectivity index (χ4n) is 3.62. The van der Waals surface area contributed by atoms with Gasteiger partial charge in [-0.15, -0.1) is 24.0 Å². The van der Waals surface area contributed by atoms with E-state index in [0.29, 0.717) is 25.4 Å². The molecule has 1 aromatic carbocycles. The fraction of sp³-hybridized carbons (Fsp3) is 0.500. The van der Waals surface area contributed by atoms with E-state index in [9.17, 15) is 9.90 Å². The van der Waals surface area contributed by atoms with Crippen LogP contribution in [-0.2, 0) is 4.79 Å². The van der Waals surface area contributed by atoms with Gasteiger partial charge in [-0.25, -0.2) is 0 Å². The zero-order valence-electron chi connectivity index (χ0n) is 15.1. The van der Waals surface area contributed by atoms with E-state index in [1.807, 2.05) is 13.1 Å². The number of nitrogens with zero attached hydrogens (tertiary/aromatic N) is 1. The van der Waals surface area contributed by atoms with Crippen molar-refractivity contribution in [1.29, 1.82) is 0 Å². The molecule has 1 aromatic heterocycles. The van der Waals surface area contributed by atoms with Gasteiger partial charge in [0, 0.05) is 42.4 Å². The van der Waals surface area contributed by atoms with Gasteiger partial charge in [0.05, 0.1) is 11.2 Å². The Labute approximate surface area is 165 Å². The molecular formula is C18H28Cl2N4O2. The highest BCUT2D eigenvalue weighted by molar-refractivity contribution is 6.19. The number of fused-ring (bicyclic) bond motifs is 3. The van der Waals surface area contributed by atoms with Crippen molar-refractivity contribution in [2.75, 3.05) is 23.9 Å². The van der Waals surface area contributed by atoms with Crippen molar-refractivity contribution in [3.05, 3.63) is 23.4 Å². The molecule has 0 radical (unpaired) electrons. The summed E-state index contributed by atoms with van der Waals surface area (Å²) in [4.78, 5) is 17.6. The summed E-state index contributed by atoms with van der Waals surface area (Å²) in [6.07, 6.45) is 5.12. The molecule has 0 aliphatic carbocycles. The summed E-state index contributed by atoms with van der Waals surface area (Å²) in [6, 6.07) is 1.69. The number of hydrogen-bond donors (Lipinski definition) is 4. The Morgan fingerprint density at radius 3 is 2.81 bits per heavy atom. The molecule has 1 atom stereocenters. The van der Waals surface area contributed by atoms with Crippen molar-refractivity contribution < 1.29 is 9.90 Å². The molecule has 6 nitrogen and oxygen atoms in total. The third-order valence-electron chi connectivity index (χ3n) is 4.84. The number of unbranched alkanes of at least 4 members (excludes halogenated alkanes) is 2. The van der Waals surface area contributed by atoms with Gasteiger partial charge in [-0.2, -0.15) is 0 Å². The second kappa shape index (κ2) is 9.46. The third kappa shape index (κ3) is 3.93. The van der Waals surface area contributed by atoms with Crippen LogP contribution in [-0.4, -0.2) is 35.0 Å². The number of amides is 1. The Morgan fingerprint density at radius 1 is 1.42 bits per heavy atom. The van der Waals surface area contributed by atoms with E-state index in [1.54, 1.807) is 11.0 Å². The summed E-state index contributed by atoms with van der Waals surface area (Å²) in [5.74, 6) is 0.808. The van der Waals surface area contributed by atoms with E-state index >= 15 is 0 Å². The number of carbonyl (C=O) groups excluding carboxylic acids is 1. The largest absolute Gasteiger partial charge is 0.506 e. The monoisotopic (exact) mass is 402 g/mol. The minimum absolute atomic E-state index is 0. The van der Waals surface area contributed by atoms with E-state index in [0.717, 1.165) is 47.0 Å². The van der Waals surface area contributed by atoms with Gasteiger partial charge in [-0.1, -0.05) is 6.42 Å². The topological polar surface area (TPSA) is 117 Å². The second-order valence-corrected chi connectivity index (χ2v) is 6.81. The fourth-order valence-corrected chi connectivity index (χ4v) is 3.87. The molecule has 0 spiro atoms. The number of aromatic nitrogens is 1. The van der Waals surface area contributed by atoms with Crippen LogP contribution in [0.1, 0.15) is 42.7 Å². The maximum absolute atomic E-state index is 12.7. The van der Waals surface area contributed by atoms with Crippen LogP contribution < -0.4 is 16.8 Å². The lowest BCUT2D eigenvalue weighted by molar-refractivity contribution is -0.118. The van der Waals surface area contributed by atoms with Crippen LogP contribution in [0.5, 0.6) is 5.75 Å². The van der Waals surface area contributed by atoms with Crippen molar-refractivity contribution in [1.82, 2.24) is 11.1 Å². The second-order valence-electron chi connectivity index (χ2n) is 6.51. The maximum Gasteiger partial charge on any atom is 0.227 e. The van der Waals surface area contributed by atoms with Crippen molar-refractivity contribution in [3.63, 3.8) is 0 Å². The number of benzene rings is 1. The molecule has 0 saturated heterocycles. The van der Waals surface area contributed by atoms with E-state index in [2.05, 4.69) is 4.98 Å². The number of hydrogen-bond acceptors (Lipinski definition) is 4. The third-order valence-corrected chi connectivity index (χ3v) is 5.21. The zero-order chi connectivity index (χ0) is 17.3. The summed E-state index contributed by atoms with van der Waals surface area (Å²) in [6.45, 7) is 3.24. The van der Waals surface area contributed by atoms with Crippen LogP contribution in [0.4, 0.5) is 5.69 Å². The van der Waals surface area contributed by atoms with Gasteiger partial charge in [-0.3, -0.25) is 4.79 Å². The van der Waals surface area contributed by atoms with Crippen molar-refractivity contribution >= 4 is 46.5 Å². The molecule has 1 aliphatic heterocycles. The molecule has 0 saturated carbocycles. The molecule has 7 N–H and O–H groups in total. The van der Waals surface area contributed by atoms with Gasteiger partial charge < -0.3 is 26.9 Å². The molecule has 26 heavy (non-hydrogen) atoms. The van der Waals surface area contributed by atoms with Crippen LogP contribution in [0.25, 0.3) is 10.9 Å². The first-order valence-corrected chi connectivity index (χ1v) is 9.01. The summed E-state index contributed by atoms with van der Waals surface area (Å²) in [5.41, 5.74) is 9.16. The molecule has 8 heteroatoms. The number of nitrogens with two attached hydrogens (primary N) is 1. The average Bonchev–Trinajstić information content (AvgIpc) is 3.12. The van der Waals surface area contributed by atoms with Crippen LogP contribution in [0, 0.1) is 6.92 Å². The van der Waals surface area contributed by atoms with E-state index < -0.39 is 0 Å². The van der Waals surface area contributed by atoms with Gasteiger partial charge in [0.2, 0.25) is 5.91 Å². The molecule has 2 heterocycles. The number of phenols is 1. The quantitative estimate of drug-likeness (QED) is 0.431. The summed E-state index contributed by atoms with van der Waals surface area (Å²) < 4.78 is 0. The molecule has 0 fully saturated rings. The van der Waals surface area contributed by atoms with Gasteiger partial charge in [0.1, 0.15) is 5.75 Å². The number of anilines is 1. The Kier molecular flexibility index (Phi) is 8.21. The molecule has 3 rings (SSSR count). The number of carbonyl (C=O) groups is 1. The summed E-state index contributed by atoms with van der Waals surface area (Å²) in [7, 11) is 0. The van der Waals surface area contributed by atoms with Gasteiger partial charge >= 0.3 is 0 Å². The number of rotatable bonds is 6. The van der Waals surface area contributed by atoms with Crippen molar-refractivity contribution in [2.45, 2.75) is 38.5 Å². The van der Waals surface area contributed by atoms with E-state index in [-0.39, 0.29) is 36.1 Å². The highest BCUT2D eigenvalue weighted by atomic mass is 35.5.